The van der Waals surface area contributed by atoms with Crippen LogP contribution >= 0.6 is 24.4 Å². The third-order valence-electron chi connectivity index (χ3n) is 25.0. The van der Waals surface area contributed by atoms with Crippen molar-refractivity contribution < 1.29 is 55.5 Å². The first-order chi connectivity index (χ1) is 65.8. The summed E-state index contributed by atoms with van der Waals surface area (Å²) >= 11 is 6.55. The summed E-state index contributed by atoms with van der Waals surface area (Å²) in [5, 5.41) is 9.79. The normalized spacial score (nSPS) is 12.0. The standard InChI is InChI=1S/C43H79NOS.C38H70.C37H68S.C6H13NO2.CH3F.Na.H2O.H2S/c1-5-7-9-11-13-15-17-19-21-23-25-27-29-31-33-35-38-42(46-43(45)40-37-41-44(3)4)39-36-34-32-30-28-26-24-22-20-18-16-14-12-10-8-6-2;1-4-6-8-10-12-14-16-18-20-22-24-26-28-30-32-34-36-38(3)37-35-33-31-29-27-25-23-21-19-17-15-13-11-9-7-5-2;1-3-5-7-9-11-13-15-17-19-21-23-25-27-29-31-33-35-37(38)36-34-32-30-28-26-24-22-20-18-16-14-12-10-8-6-4-2;1-7(2)5-3-4-6(8)9;1-2;;;/h13-16,19-22,42H,5-12,17-18,23-41H2,1-4H3;12-15,18-21,38H,4-11,16-17,22-37H2,1-3H3;11-14,17-20,37-38H,3-10,15-16,21-36H2,1-2H3;3-5H2,1-2H3,(H,8,9);1H3;;2*1H2/q;;;;;+1;;/p-2/b15-13-,16-14-,21-19-,22-20-;14-12-,15-13-,20-18-,21-19-;13-11-,14-12-,19-17-,20-18-;;;;;/i;;;;1D;;;. The monoisotopic (exact) mass is 1970 g/mol. The van der Waals surface area contributed by atoms with Gasteiger partial charge in [-0.25, -0.2) is 0 Å². The van der Waals surface area contributed by atoms with Gasteiger partial charge in [0.25, 0.3) is 0 Å². The van der Waals surface area contributed by atoms with Crippen molar-refractivity contribution in [1.29, 1.82) is 0 Å². The summed E-state index contributed by atoms with van der Waals surface area (Å²) in [5.74, 6) is 0.225. The number of hydrogen-bond donors (Lipinski definition) is 2. The molecule has 2 N–H and O–H groups in total. The zero-order valence-electron chi connectivity index (χ0n) is 94.0. The van der Waals surface area contributed by atoms with Gasteiger partial charge >= 0.3 is 35.5 Å². The summed E-state index contributed by atoms with van der Waals surface area (Å²) in [4.78, 5) is 26.8. The molecule has 0 amide bonds. The summed E-state index contributed by atoms with van der Waals surface area (Å²) < 4.78 is 15.5. The van der Waals surface area contributed by atoms with Gasteiger partial charge in [0.15, 0.2) is 5.12 Å². The van der Waals surface area contributed by atoms with Crippen LogP contribution in [0, 0.1) is 5.92 Å². The average molecular weight is 1970 g/mol. The third-order valence-corrected chi connectivity index (χ3v) is 26.8. The minimum atomic E-state index is -1.00. The Bertz CT molecular complexity index is 2360. The van der Waals surface area contributed by atoms with Gasteiger partial charge in [0, 0.05) is 23.3 Å². The van der Waals surface area contributed by atoms with Crippen LogP contribution in [0.15, 0.2) is 146 Å². The van der Waals surface area contributed by atoms with Gasteiger partial charge in [0.2, 0.25) is 0 Å². The third kappa shape index (κ3) is 152. The Balaban J connectivity index is -0.000000284. The summed E-state index contributed by atoms with van der Waals surface area (Å²) in [6.07, 6.45) is 163. The summed E-state index contributed by atoms with van der Waals surface area (Å²) in [5.41, 5.74) is 0. The van der Waals surface area contributed by atoms with Crippen molar-refractivity contribution in [2.45, 2.75) is 585 Å². The Morgan fingerprint density at radius 3 is 0.647 bits per heavy atom. The van der Waals surface area contributed by atoms with Gasteiger partial charge in [-0.2, -0.15) is 12.6 Å². The topological polar surface area (TPSA) is 90.9 Å². The number of carboxylic acids is 1. The van der Waals surface area contributed by atoms with E-state index >= 15 is 0 Å². The van der Waals surface area contributed by atoms with Crippen molar-refractivity contribution in [3.05, 3.63) is 146 Å². The molecular formula is C125H235FN2NaO4S3-. The number of carbonyl (C=O) groups excluding carboxylic acids is 1. The number of unbranched alkanes of at least 4 members (excludes halogenated alkanes) is 54. The van der Waals surface area contributed by atoms with Crippen LogP contribution in [0.3, 0.4) is 0 Å². The molecule has 6 nitrogen and oxygen atoms in total. The molecule has 0 unspecified atom stereocenters. The van der Waals surface area contributed by atoms with E-state index in [-0.39, 0.29) is 54.9 Å². The minimum absolute atomic E-state index is 0. The van der Waals surface area contributed by atoms with Gasteiger partial charge in [-0.15, -0.1) is 0 Å². The zero-order valence-corrected chi connectivity index (χ0v) is 97.6. The average Bonchev–Trinajstić information content (AvgIpc) is 0.953. The zero-order chi connectivity index (χ0) is 98.8. The van der Waals surface area contributed by atoms with E-state index in [9.17, 15) is 14.0 Å². The molecule has 0 saturated carbocycles. The van der Waals surface area contributed by atoms with E-state index in [4.69, 9.17) is 19.1 Å². The second kappa shape index (κ2) is 141. The number of thioether (sulfide) groups is 1. The van der Waals surface area contributed by atoms with Crippen LogP contribution in [0.1, 0.15) is 576 Å². The smallest absolute Gasteiger partial charge is 0.870 e. The Hall–Kier alpha value is -2.12. The fraction of sp³-hybridized carbons (Fsp3) is 0.792. The van der Waals surface area contributed by atoms with E-state index in [1.165, 1.54) is 462 Å². The first kappa shape index (κ1) is 147. The Kier molecular flexibility index (Phi) is 153. The van der Waals surface area contributed by atoms with Crippen molar-refractivity contribution in [3.8, 4) is 0 Å². The van der Waals surface area contributed by atoms with Gasteiger partial charge < -0.3 is 33.9 Å². The predicted octanol–water partition coefficient (Wildman–Crippen LogP) is 39.6. The van der Waals surface area contributed by atoms with Crippen molar-refractivity contribution in [2.75, 3.05) is 48.4 Å². The number of nitrogens with zero attached hydrogens (tertiary/aromatic N) is 2. The first-order valence-electron chi connectivity index (χ1n) is 58.5. The molecule has 0 rings (SSSR count). The maximum atomic E-state index is 12.7. The van der Waals surface area contributed by atoms with Crippen LogP contribution in [-0.4, -0.2) is 90.4 Å². The molecule has 0 aliphatic carbocycles. The van der Waals surface area contributed by atoms with Crippen molar-refractivity contribution in [3.63, 3.8) is 0 Å². The molecule has 0 aromatic heterocycles. The molecule has 0 aliphatic rings. The van der Waals surface area contributed by atoms with Crippen LogP contribution in [-0.2, 0) is 23.1 Å². The quantitative estimate of drug-likeness (QED) is 0.0205. The number of carboxylic acid groups (broad SMARTS) is 1. The minimum Gasteiger partial charge on any atom is -0.870 e. The second-order valence-electron chi connectivity index (χ2n) is 39.3. The number of allylic oxidation sites excluding steroid dienone is 24. The van der Waals surface area contributed by atoms with Crippen LogP contribution in [0.2, 0.25) is 0 Å². The van der Waals surface area contributed by atoms with E-state index in [2.05, 4.69) is 213 Å². The molecule has 11 heteroatoms. The van der Waals surface area contributed by atoms with Crippen LogP contribution in [0.5, 0.6) is 0 Å². The van der Waals surface area contributed by atoms with Crippen molar-refractivity contribution in [2.24, 2.45) is 5.92 Å². The maximum absolute atomic E-state index is 12.7. The van der Waals surface area contributed by atoms with E-state index in [1.54, 1.807) is 11.8 Å². The van der Waals surface area contributed by atoms with E-state index in [0.717, 1.165) is 76.8 Å². The molecule has 0 spiro atoms. The fourth-order valence-electron chi connectivity index (χ4n) is 16.3. The number of rotatable bonds is 99. The molecule has 0 bridgehead atoms. The SMILES string of the molecule is CCCCC/C=C\C/C=C\CCCCCCCCC(C)CCCCCCCC/C=C\C/C=C\CCCCC.CCCCC/C=C\C/C=C\CCCCCCCCC(CCCCCCCC/C=C\C/C=C\CCCCC)SC(=O)CCCN(C)C.CCCCC/C=C\C/C=C\CCCCCCCCC(S)CCCCCCCC/C=C\C/C=C\CCCCC.CN(C)CCCC(=O)O.[2H]CF.[Na+].[OH-].[SH-]. The molecule has 796 valence electrons. The molecule has 0 radical (unpaired) electrons. The maximum Gasteiger partial charge on any atom is 1.00 e. The summed E-state index contributed by atoms with van der Waals surface area (Å²) in [7, 11) is 7.05. The van der Waals surface area contributed by atoms with Gasteiger partial charge in [-0.05, 0) is 278 Å². The van der Waals surface area contributed by atoms with Crippen LogP contribution < -0.4 is 29.6 Å². The second-order valence-corrected chi connectivity index (χ2v) is 41.4. The molecule has 0 heterocycles. The largest absolute Gasteiger partial charge is 1.00 e. The fourth-order valence-corrected chi connectivity index (χ4v) is 17.9. The number of aliphatic carboxylic acids is 1. The Labute approximate surface area is 892 Å². The number of alkyl halides is 1. The van der Waals surface area contributed by atoms with Crippen molar-refractivity contribution >= 4 is 49.0 Å². The molecule has 0 fully saturated rings. The molecule has 0 saturated heterocycles. The van der Waals surface area contributed by atoms with E-state index < -0.39 is 13.1 Å². The van der Waals surface area contributed by atoms with Gasteiger partial charge in [-0.1, -0.05) is 489 Å². The number of carbonyl (C=O) groups is 2. The van der Waals surface area contributed by atoms with Crippen LogP contribution in [0.4, 0.5) is 4.39 Å². The predicted molar refractivity (Wildman–Crippen MR) is 623 cm³/mol. The first-order valence-corrected chi connectivity index (χ1v) is 59.2. The molecule has 0 atom stereocenters. The number of halogens is 1. The van der Waals surface area contributed by atoms with E-state index in [0.29, 0.717) is 15.6 Å². The van der Waals surface area contributed by atoms with Gasteiger partial charge in [0.05, 0.1) is 8.52 Å². The Morgan fingerprint density at radius 1 is 0.287 bits per heavy atom. The molecule has 136 heavy (non-hydrogen) atoms. The van der Waals surface area contributed by atoms with Crippen molar-refractivity contribution in [1.82, 2.24) is 9.80 Å². The van der Waals surface area contributed by atoms with E-state index in [1.807, 2.05) is 19.0 Å². The van der Waals surface area contributed by atoms with Gasteiger partial charge in [0.1, 0.15) is 0 Å². The van der Waals surface area contributed by atoms with Gasteiger partial charge in [-0.3, -0.25) is 14.0 Å². The molecule has 0 aromatic rings. The molecule has 0 aromatic carbocycles. The summed E-state index contributed by atoms with van der Waals surface area (Å²) in [6.45, 7) is 18.0. The number of hydrogen-bond acceptors (Lipinski definition) is 8. The molecular weight excluding hydrogens is 1730 g/mol. The number of thiol groups is 2. The Morgan fingerprint density at radius 2 is 0.456 bits per heavy atom. The summed E-state index contributed by atoms with van der Waals surface area (Å²) in [6, 6.07) is 0. The molecule has 0 aliphatic heterocycles. The van der Waals surface area contributed by atoms with Crippen LogP contribution in [0.25, 0.3) is 0 Å².